The van der Waals surface area contributed by atoms with Gasteiger partial charge in [-0.15, -0.1) is 0 Å². The third kappa shape index (κ3) is 5.45. The van der Waals surface area contributed by atoms with Crippen LogP contribution in [0.4, 0.5) is 11.5 Å². The zero-order chi connectivity index (χ0) is 18.1. The summed E-state index contributed by atoms with van der Waals surface area (Å²) in [6.07, 6.45) is 5.28. The predicted molar refractivity (Wildman–Crippen MR) is 100 cm³/mol. The van der Waals surface area contributed by atoms with Gasteiger partial charge in [-0.25, -0.2) is 9.97 Å². The molecule has 0 atom stereocenters. The fourth-order valence-electron chi connectivity index (χ4n) is 2.48. The Hall–Kier alpha value is -2.63. The largest absolute Gasteiger partial charge is 0.494 e. The van der Waals surface area contributed by atoms with Crippen LogP contribution < -0.4 is 15.0 Å². The normalized spacial score (nSPS) is 10.4. The highest BCUT2D eigenvalue weighted by molar-refractivity contribution is 6.02. The molecular formula is C19H26N4O2. The van der Waals surface area contributed by atoms with Gasteiger partial charge in [0.2, 0.25) is 0 Å². The van der Waals surface area contributed by atoms with Crippen molar-refractivity contribution < 1.29 is 9.53 Å². The summed E-state index contributed by atoms with van der Waals surface area (Å²) < 4.78 is 5.39. The minimum absolute atomic E-state index is 0.277. The number of carbonyl (C=O) groups is 1. The van der Waals surface area contributed by atoms with Gasteiger partial charge in [0.05, 0.1) is 19.0 Å². The second kappa shape index (κ2) is 9.61. The van der Waals surface area contributed by atoms with Crippen LogP contribution in [0, 0.1) is 0 Å². The highest BCUT2D eigenvalue weighted by Crippen LogP contribution is 2.16. The molecule has 1 amide bonds. The summed E-state index contributed by atoms with van der Waals surface area (Å²) in [5.41, 5.74) is 0.989. The summed E-state index contributed by atoms with van der Waals surface area (Å²) in [4.78, 5) is 23.1. The van der Waals surface area contributed by atoms with Gasteiger partial charge in [0, 0.05) is 18.8 Å². The molecular weight excluding hydrogens is 316 g/mol. The summed E-state index contributed by atoms with van der Waals surface area (Å²) in [6, 6.07) is 7.24. The first-order valence-electron chi connectivity index (χ1n) is 8.79. The van der Waals surface area contributed by atoms with E-state index in [0.29, 0.717) is 18.0 Å². The van der Waals surface area contributed by atoms with Crippen LogP contribution >= 0.6 is 0 Å². The van der Waals surface area contributed by atoms with Gasteiger partial charge in [-0.2, -0.15) is 0 Å². The molecule has 0 unspecified atom stereocenters. The van der Waals surface area contributed by atoms with Crippen molar-refractivity contribution in [1.29, 1.82) is 0 Å². The van der Waals surface area contributed by atoms with Crippen LogP contribution in [0.3, 0.4) is 0 Å². The highest BCUT2D eigenvalue weighted by atomic mass is 16.5. The summed E-state index contributed by atoms with van der Waals surface area (Å²) in [6.45, 7) is 8.67. The molecule has 6 heteroatoms. The Morgan fingerprint density at radius 3 is 2.24 bits per heavy atom. The van der Waals surface area contributed by atoms with E-state index in [2.05, 4.69) is 34.0 Å². The maximum absolute atomic E-state index is 12.3. The van der Waals surface area contributed by atoms with Crippen molar-refractivity contribution in [3.63, 3.8) is 0 Å². The van der Waals surface area contributed by atoms with Crippen molar-refractivity contribution in [3.05, 3.63) is 42.4 Å². The number of hydrogen-bond acceptors (Lipinski definition) is 5. The lowest BCUT2D eigenvalue weighted by atomic mass is 10.3. The van der Waals surface area contributed by atoms with Crippen LogP contribution in [0.15, 0.2) is 36.7 Å². The number of nitrogens with one attached hydrogen (secondary N) is 1. The molecule has 0 aliphatic carbocycles. The summed E-state index contributed by atoms with van der Waals surface area (Å²) in [5, 5.41) is 2.82. The van der Waals surface area contributed by atoms with Crippen LogP contribution in [0.2, 0.25) is 0 Å². The molecule has 0 spiro atoms. The molecule has 0 saturated heterocycles. The first-order chi connectivity index (χ1) is 12.2. The molecule has 6 nitrogen and oxygen atoms in total. The molecule has 0 bridgehead atoms. The Morgan fingerprint density at radius 1 is 1.04 bits per heavy atom. The molecule has 1 N–H and O–H groups in total. The Balaban J connectivity index is 2.01. The Kier molecular flexibility index (Phi) is 7.19. The van der Waals surface area contributed by atoms with E-state index in [1.165, 1.54) is 6.20 Å². The molecule has 2 aromatic rings. The molecule has 1 aromatic heterocycles. The topological polar surface area (TPSA) is 67.4 Å². The summed E-state index contributed by atoms with van der Waals surface area (Å²) in [5.74, 6) is 1.30. The quantitative estimate of drug-likeness (QED) is 0.751. The van der Waals surface area contributed by atoms with Crippen LogP contribution in [0.1, 0.15) is 44.1 Å². The van der Waals surface area contributed by atoms with Crippen LogP contribution in [-0.2, 0) is 0 Å². The minimum atomic E-state index is -0.277. The molecule has 0 aliphatic rings. The van der Waals surface area contributed by atoms with Gasteiger partial charge in [-0.3, -0.25) is 4.79 Å². The van der Waals surface area contributed by atoms with Gasteiger partial charge in [0.25, 0.3) is 5.91 Å². The van der Waals surface area contributed by atoms with Gasteiger partial charge in [-0.05, 0) is 44.0 Å². The number of anilines is 2. The molecule has 1 aromatic carbocycles. The Labute approximate surface area is 149 Å². The van der Waals surface area contributed by atoms with E-state index in [-0.39, 0.29) is 5.91 Å². The van der Waals surface area contributed by atoms with Crippen LogP contribution in [0.25, 0.3) is 0 Å². The number of nitrogens with zero attached hydrogens (tertiary/aromatic N) is 3. The monoisotopic (exact) mass is 342 g/mol. The minimum Gasteiger partial charge on any atom is -0.494 e. The summed E-state index contributed by atoms with van der Waals surface area (Å²) in [7, 11) is 0. The number of benzene rings is 1. The average molecular weight is 342 g/mol. The van der Waals surface area contributed by atoms with Crippen molar-refractivity contribution in [2.24, 2.45) is 0 Å². The maximum Gasteiger partial charge on any atom is 0.275 e. The number of rotatable bonds is 9. The molecule has 25 heavy (non-hydrogen) atoms. The smallest absolute Gasteiger partial charge is 0.275 e. The fourth-order valence-corrected chi connectivity index (χ4v) is 2.48. The van der Waals surface area contributed by atoms with Crippen LogP contribution in [0.5, 0.6) is 5.75 Å². The van der Waals surface area contributed by atoms with E-state index in [0.717, 1.165) is 37.5 Å². The number of amides is 1. The van der Waals surface area contributed by atoms with E-state index in [1.807, 2.05) is 19.1 Å². The lowest BCUT2D eigenvalue weighted by Gasteiger charge is -2.22. The second-order valence-corrected chi connectivity index (χ2v) is 5.66. The molecule has 0 aliphatic heterocycles. The van der Waals surface area contributed by atoms with Gasteiger partial charge in [-0.1, -0.05) is 13.8 Å². The first kappa shape index (κ1) is 18.7. The van der Waals surface area contributed by atoms with Crippen molar-refractivity contribution >= 4 is 17.4 Å². The molecule has 0 fully saturated rings. The predicted octanol–water partition coefficient (Wildman–Crippen LogP) is 3.75. The highest BCUT2D eigenvalue weighted by Gasteiger charge is 2.11. The summed E-state index contributed by atoms with van der Waals surface area (Å²) >= 11 is 0. The second-order valence-electron chi connectivity index (χ2n) is 5.66. The van der Waals surface area contributed by atoms with E-state index in [1.54, 1.807) is 18.3 Å². The Morgan fingerprint density at radius 2 is 1.72 bits per heavy atom. The third-order valence-electron chi connectivity index (χ3n) is 3.61. The van der Waals surface area contributed by atoms with Crippen molar-refractivity contribution in [1.82, 2.24) is 9.97 Å². The first-order valence-corrected chi connectivity index (χ1v) is 8.79. The van der Waals surface area contributed by atoms with Crippen molar-refractivity contribution in [2.45, 2.75) is 33.6 Å². The number of carbonyl (C=O) groups excluding carboxylic acids is 1. The zero-order valence-electron chi connectivity index (χ0n) is 15.2. The average Bonchev–Trinajstić information content (AvgIpc) is 2.63. The molecule has 0 saturated carbocycles. The van der Waals surface area contributed by atoms with Gasteiger partial charge in [0.1, 0.15) is 17.3 Å². The van der Waals surface area contributed by atoms with E-state index >= 15 is 0 Å². The van der Waals surface area contributed by atoms with E-state index < -0.39 is 0 Å². The number of aromatic nitrogens is 2. The van der Waals surface area contributed by atoms with Gasteiger partial charge < -0.3 is 15.0 Å². The SMILES string of the molecule is CCCN(CCC)c1cnc(C(=O)Nc2ccc(OCC)cc2)cn1. The molecule has 0 radical (unpaired) electrons. The number of hydrogen-bond donors (Lipinski definition) is 1. The molecule has 2 rings (SSSR count). The van der Waals surface area contributed by atoms with Gasteiger partial charge >= 0.3 is 0 Å². The lowest BCUT2D eigenvalue weighted by Crippen LogP contribution is -2.26. The van der Waals surface area contributed by atoms with E-state index in [9.17, 15) is 4.79 Å². The standard InChI is InChI=1S/C19H26N4O2/c1-4-11-23(12-5-2)18-14-20-17(13-21-18)19(24)22-15-7-9-16(10-8-15)25-6-3/h7-10,13-14H,4-6,11-12H2,1-3H3,(H,22,24). The Bertz CT molecular complexity index is 650. The van der Waals surface area contributed by atoms with Crippen molar-refractivity contribution in [3.8, 4) is 5.75 Å². The van der Waals surface area contributed by atoms with Crippen molar-refractivity contribution in [2.75, 3.05) is 29.9 Å². The van der Waals surface area contributed by atoms with Gasteiger partial charge in [0.15, 0.2) is 0 Å². The molecule has 134 valence electrons. The molecule has 1 heterocycles. The van der Waals surface area contributed by atoms with E-state index in [4.69, 9.17) is 4.74 Å². The van der Waals surface area contributed by atoms with Crippen LogP contribution in [-0.4, -0.2) is 35.6 Å². The number of ether oxygens (including phenoxy) is 1. The maximum atomic E-state index is 12.3. The fraction of sp³-hybridized carbons (Fsp3) is 0.421. The third-order valence-corrected chi connectivity index (χ3v) is 3.61. The lowest BCUT2D eigenvalue weighted by molar-refractivity contribution is 0.102. The zero-order valence-corrected chi connectivity index (χ0v) is 15.2.